The van der Waals surface area contributed by atoms with Crippen LogP contribution in [0.1, 0.15) is 79.0 Å². The van der Waals surface area contributed by atoms with Gasteiger partial charge in [-0.2, -0.15) is 0 Å². The van der Waals surface area contributed by atoms with Crippen molar-refractivity contribution in [1.82, 2.24) is 4.48 Å². The van der Waals surface area contributed by atoms with Crippen LogP contribution < -0.4 is 10.9 Å². The molecule has 4 heterocycles. The van der Waals surface area contributed by atoms with Gasteiger partial charge in [0.2, 0.25) is 0 Å². The molecule has 2 aromatic heterocycles. The smallest absolute Gasteiger partial charge is 0.329 e. The van der Waals surface area contributed by atoms with Crippen LogP contribution in [0.15, 0.2) is 120 Å². The van der Waals surface area contributed by atoms with Gasteiger partial charge in [0.25, 0.3) is 0 Å². The Morgan fingerprint density at radius 3 is 2.22 bits per heavy atom. The predicted molar refractivity (Wildman–Crippen MR) is 212 cm³/mol. The van der Waals surface area contributed by atoms with Gasteiger partial charge in [-0.15, -0.1) is 0 Å². The molecule has 5 aliphatic rings. The van der Waals surface area contributed by atoms with Gasteiger partial charge < -0.3 is 8.90 Å². The average molecular weight is 652 g/mol. The van der Waals surface area contributed by atoms with Crippen molar-refractivity contribution < 1.29 is 4.42 Å². The maximum atomic E-state index is 6.96. The standard InChI is InChI=1S/C48H34BNO/c1-47(2)35-19-8-5-13-25(35)32-23-31-33-24-34-26-14-7-10-22-38(26)51-46(34)40-29-17-11-18-30-42-45(27-15-6-9-20-36(27)48(42,3)4)50(44(29)30)49(43(33)40)37-21-12-16-28(39(31)37)41(32)47/h5-22,24,31H,23H2,1-4H3. The van der Waals surface area contributed by atoms with E-state index in [2.05, 4.69) is 147 Å². The van der Waals surface area contributed by atoms with E-state index >= 15 is 0 Å². The zero-order valence-electron chi connectivity index (χ0n) is 29.2. The number of rotatable bonds is 0. The van der Waals surface area contributed by atoms with Crippen molar-refractivity contribution in [2.75, 3.05) is 0 Å². The molecule has 0 fully saturated rings. The Morgan fingerprint density at radius 2 is 1.35 bits per heavy atom. The van der Waals surface area contributed by atoms with E-state index in [1.54, 1.807) is 0 Å². The number of benzene rings is 6. The van der Waals surface area contributed by atoms with Crippen LogP contribution in [0, 0.1) is 0 Å². The van der Waals surface area contributed by atoms with Crippen LogP contribution >= 0.6 is 0 Å². The highest BCUT2D eigenvalue weighted by Crippen LogP contribution is 2.60. The molecule has 0 N–H and O–H groups in total. The van der Waals surface area contributed by atoms with E-state index in [9.17, 15) is 0 Å². The quantitative estimate of drug-likeness (QED) is 0.149. The molecule has 8 aromatic rings. The highest BCUT2D eigenvalue weighted by Gasteiger charge is 2.52. The van der Waals surface area contributed by atoms with Crippen LogP contribution in [0.4, 0.5) is 0 Å². The first-order chi connectivity index (χ1) is 24.9. The SMILES string of the molecule is CC1(C)C2=C(CC3c4cc5c(oc6ccccc65)c5c4B(c4cccc2c43)n2c3c(c4cccc-5c42)C(C)(C)c2ccccc2-3)c2ccccc21. The molecular weight excluding hydrogens is 617 g/mol. The van der Waals surface area contributed by atoms with Gasteiger partial charge in [-0.1, -0.05) is 131 Å². The molecule has 3 aliphatic carbocycles. The maximum Gasteiger partial charge on any atom is 0.329 e. The Labute approximate surface area is 297 Å². The van der Waals surface area contributed by atoms with Crippen LogP contribution in [-0.4, -0.2) is 11.3 Å². The molecule has 0 bridgehead atoms. The lowest BCUT2D eigenvalue weighted by atomic mass is 9.40. The molecule has 0 saturated carbocycles. The fourth-order valence-corrected chi connectivity index (χ4v) is 11.9. The molecule has 51 heavy (non-hydrogen) atoms. The highest BCUT2D eigenvalue weighted by molar-refractivity contribution is 6.88. The Balaban J connectivity index is 1.24. The van der Waals surface area contributed by atoms with Crippen LogP contribution in [-0.2, 0) is 10.8 Å². The Hall–Kier alpha value is -5.54. The largest absolute Gasteiger partial charge is 0.455 e. The van der Waals surface area contributed by atoms with Crippen molar-refractivity contribution in [3.63, 3.8) is 0 Å². The van der Waals surface area contributed by atoms with E-state index < -0.39 is 0 Å². The van der Waals surface area contributed by atoms with Gasteiger partial charge in [-0.05, 0) is 79.6 Å². The summed E-state index contributed by atoms with van der Waals surface area (Å²) in [4.78, 5) is 0. The topological polar surface area (TPSA) is 18.1 Å². The Morgan fingerprint density at radius 1 is 0.667 bits per heavy atom. The van der Waals surface area contributed by atoms with E-state index in [-0.39, 0.29) is 23.6 Å². The van der Waals surface area contributed by atoms with Gasteiger partial charge in [-0.3, -0.25) is 0 Å². The second-order valence-electron chi connectivity index (χ2n) is 16.7. The van der Waals surface area contributed by atoms with Gasteiger partial charge in [0.1, 0.15) is 11.2 Å². The van der Waals surface area contributed by atoms with Crippen LogP contribution in [0.5, 0.6) is 0 Å². The predicted octanol–water partition coefficient (Wildman–Crippen LogP) is 10.5. The Bertz CT molecular complexity index is 3020. The molecule has 2 nitrogen and oxygen atoms in total. The van der Waals surface area contributed by atoms with Gasteiger partial charge in [0.05, 0.1) is 0 Å². The van der Waals surface area contributed by atoms with Crippen molar-refractivity contribution in [2.45, 2.75) is 50.9 Å². The first-order valence-corrected chi connectivity index (χ1v) is 18.6. The molecule has 6 aromatic carbocycles. The van der Waals surface area contributed by atoms with Crippen molar-refractivity contribution >= 4 is 61.8 Å². The molecule has 0 radical (unpaired) electrons. The van der Waals surface area contributed by atoms with E-state index in [0.717, 1.165) is 17.6 Å². The van der Waals surface area contributed by atoms with E-state index in [1.807, 2.05) is 0 Å². The van der Waals surface area contributed by atoms with Gasteiger partial charge in [0.15, 0.2) is 0 Å². The summed E-state index contributed by atoms with van der Waals surface area (Å²) in [5, 5.41) is 3.81. The average Bonchev–Trinajstić information content (AvgIpc) is 3.83. The molecule has 1 unspecified atom stereocenters. The summed E-state index contributed by atoms with van der Waals surface area (Å²) in [7, 11) is 0. The van der Waals surface area contributed by atoms with E-state index in [4.69, 9.17) is 4.42 Å². The zero-order chi connectivity index (χ0) is 33.7. The number of para-hydroxylation sites is 2. The summed E-state index contributed by atoms with van der Waals surface area (Å²) < 4.78 is 9.74. The Kier molecular flexibility index (Phi) is 4.53. The van der Waals surface area contributed by atoms with Crippen molar-refractivity contribution in [1.29, 1.82) is 0 Å². The lowest BCUT2D eigenvalue weighted by molar-refractivity contribution is 0.666. The van der Waals surface area contributed by atoms with Crippen LogP contribution in [0.3, 0.4) is 0 Å². The summed E-state index contributed by atoms with van der Waals surface area (Å²) in [5.41, 5.74) is 24.7. The van der Waals surface area contributed by atoms with Crippen molar-refractivity contribution in [3.8, 4) is 22.4 Å². The number of furan rings is 1. The zero-order valence-corrected chi connectivity index (χ0v) is 29.2. The molecule has 2 aliphatic heterocycles. The molecule has 240 valence electrons. The molecule has 1 atom stereocenters. The number of nitrogens with zero attached hydrogens (tertiary/aromatic N) is 1. The minimum Gasteiger partial charge on any atom is -0.455 e. The first-order valence-electron chi connectivity index (χ1n) is 18.6. The van der Waals surface area contributed by atoms with Crippen LogP contribution in [0.25, 0.3) is 66.4 Å². The molecule has 0 spiro atoms. The van der Waals surface area contributed by atoms with Gasteiger partial charge in [0, 0.05) is 60.8 Å². The third-order valence-corrected chi connectivity index (χ3v) is 13.7. The summed E-state index contributed by atoms with van der Waals surface area (Å²) >= 11 is 0. The molecule has 0 saturated heterocycles. The fourth-order valence-electron chi connectivity index (χ4n) is 11.9. The first kappa shape index (κ1) is 27.2. The minimum absolute atomic E-state index is 0.0379. The third-order valence-electron chi connectivity index (χ3n) is 13.7. The van der Waals surface area contributed by atoms with Gasteiger partial charge in [-0.25, -0.2) is 0 Å². The third kappa shape index (κ3) is 2.86. The molecule has 3 heteroatoms. The van der Waals surface area contributed by atoms with Gasteiger partial charge >= 0.3 is 6.85 Å². The molecule has 13 rings (SSSR count). The summed E-state index contributed by atoms with van der Waals surface area (Å²) in [5.74, 6) is 0.257. The number of hydrogen-bond acceptors (Lipinski definition) is 1. The van der Waals surface area contributed by atoms with Crippen LogP contribution in [0.2, 0.25) is 0 Å². The second-order valence-corrected chi connectivity index (χ2v) is 16.7. The maximum absolute atomic E-state index is 6.96. The number of allylic oxidation sites excluding steroid dienone is 2. The van der Waals surface area contributed by atoms with Crippen molar-refractivity contribution in [3.05, 3.63) is 154 Å². The lowest BCUT2D eigenvalue weighted by Crippen LogP contribution is -2.58. The normalized spacial score (nSPS) is 18.9. The molecular formula is C48H34BNO. The summed E-state index contributed by atoms with van der Waals surface area (Å²) in [6, 6.07) is 43.8. The van der Waals surface area contributed by atoms with E-state index in [1.165, 1.54) is 105 Å². The monoisotopic (exact) mass is 651 g/mol. The highest BCUT2D eigenvalue weighted by atomic mass is 16.3. The van der Waals surface area contributed by atoms with E-state index in [0.29, 0.717) is 0 Å². The lowest BCUT2D eigenvalue weighted by Gasteiger charge is -2.42. The summed E-state index contributed by atoms with van der Waals surface area (Å²) in [6.07, 6.45) is 1.01. The number of fused-ring (bicyclic) bond motifs is 16. The number of aromatic nitrogens is 1. The fraction of sp³-hybridized carbons (Fsp3) is 0.167. The minimum atomic E-state index is -0.116. The molecule has 0 amide bonds. The second kappa shape index (κ2) is 8.49. The number of hydrogen-bond donors (Lipinski definition) is 0. The van der Waals surface area contributed by atoms with Crippen molar-refractivity contribution in [2.24, 2.45) is 0 Å². The summed E-state index contributed by atoms with van der Waals surface area (Å²) in [6.45, 7) is 9.79.